The molecule has 1 aromatic carbocycles. The Balaban J connectivity index is 1.97. The van der Waals surface area contributed by atoms with Crippen molar-refractivity contribution in [2.75, 3.05) is 18.6 Å². The SMILES string of the molecule is CCc1cc2oc(=O)cc(CN(C)[C@H]3CCS(=O)(=O)C3)c2cc1Cl. The van der Waals surface area contributed by atoms with Crippen molar-refractivity contribution in [3.05, 3.63) is 44.8 Å². The number of nitrogens with zero attached hydrogens (tertiary/aromatic N) is 1. The van der Waals surface area contributed by atoms with Crippen LogP contribution >= 0.6 is 11.6 Å². The molecule has 0 N–H and O–H groups in total. The van der Waals surface area contributed by atoms with Crippen LogP contribution in [-0.4, -0.2) is 37.9 Å². The molecule has 0 amide bonds. The molecule has 1 aliphatic rings. The van der Waals surface area contributed by atoms with E-state index >= 15 is 0 Å². The van der Waals surface area contributed by atoms with Crippen LogP contribution in [0.4, 0.5) is 0 Å². The first-order chi connectivity index (χ1) is 11.3. The lowest BCUT2D eigenvalue weighted by Crippen LogP contribution is -2.32. The van der Waals surface area contributed by atoms with E-state index in [1.54, 1.807) is 0 Å². The lowest BCUT2D eigenvalue weighted by molar-refractivity contribution is 0.254. The van der Waals surface area contributed by atoms with Crippen molar-refractivity contribution in [3.8, 4) is 0 Å². The fourth-order valence-electron chi connectivity index (χ4n) is 3.21. The molecular weight excluding hydrogens is 350 g/mol. The molecule has 1 aromatic heterocycles. The van der Waals surface area contributed by atoms with Crippen molar-refractivity contribution in [3.63, 3.8) is 0 Å². The van der Waals surface area contributed by atoms with Gasteiger partial charge in [-0.2, -0.15) is 0 Å². The van der Waals surface area contributed by atoms with Crippen LogP contribution in [0, 0.1) is 0 Å². The minimum absolute atomic E-state index is 0.0253. The number of hydrogen-bond acceptors (Lipinski definition) is 5. The molecule has 1 fully saturated rings. The molecule has 1 atom stereocenters. The summed E-state index contributed by atoms with van der Waals surface area (Å²) >= 11 is 6.30. The van der Waals surface area contributed by atoms with Crippen LogP contribution in [0.5, 0.6) is 0 Å². The summed E-state index contributed by atoms with van der Waals surface area (Å²) in [7, 11) is -1.06. The third-order valence-electron chi connectivity index (χ3n) is 4.63. The summed E-state index contributed by atoms with van der Waals surface area (Å²) in [5, 5.41) is 1.44. The highest BCUT2D eigenvalue weighted by molar-refractivity contribution is 7.91. The van der Waals surface area contributed by atoms with Crippen molar-refractivity contribution in [2.45, 2.75) is 32.4 Å². The highest BCUT2D eigenvalue weighted by Crippen LogP contribution is 2.27. The Labute approximate surface area is 146 Å². The van der Waals surface area contributed by atoms with Gasteiger partial charge in [0.2, 0.25) is 0 Å². The van der Waals surface area contributed by atoms with Gasteiger partial charge in [0.05, 0.1) is 11.5 Å². The van der Waals surface area contributed by atoms with Crippen molar-refractivity contribution in [1.29, 1.82) is 0 Å². The van der Waals surface area contributed by atoms with Gasteiger partial charge in [-0.1, -0.05) is 18.5 Å². The van der Waals surface area contributed by atoms with Crippen molar-refractivity contribution in [1.82, 2.24) is 4.90 Å². The molecule has 2 aromatic rings. The van der Waals surface area contributed by atoms with Crippen LogP contribution in [0.1, 0.15) is 24.5 Å². The van der Waals surface area contributed by atoms with E-state index in [-0.39, 0.29) is 17.5 Å². The number of hydrogen-bond donors (Lipinski definition) is 0. The molecule has 1 saturated heterocycles. The fraction of sp³-hybridized carbons (Fsp3) is 0.471. The second-order valence-electron chi connectivity index (χ2n) is 6.36. The first-order valence-corrected chi connectivity index (χ1v) is 10.1. The monoisotopic (exact) mass is 369 g/mol. The molecule has 130 valence electrons. The largest absolute Gasteiger partial charge is 0.423 e. The summed E-state index contributed by atoms with van der Waals surface area (Å²) in [5.74, 6) is 0.398. The zero-order valence-corrected chi connectivity index (χ0v) is 15.3. The number of aryl methyl sites for hydroxylation is 1. The van der Waals surface area contributed by atoms with Gasteiger partial charge in [0.25, 0.3) is 0 Å². The second kappa shape index (κ2) is 6.50. The molecule has 0 aliphatic carbocycles. The van der Waals surface area contributed by atoms with Gasteiger partial charge in [-0.15, -0.1) is 0 Å². The summed E-state index contributed by atoms with van der Waals surface area (Å²) in [6.45, 7) is 2.47. The highest BCUT2D eigenvalue weighted by Gasteiger charge is 2.30. The zero-order valence-electron chi connectivity index (χ0n) is 13.7. The smallest absolute Gasteiger partial charge is 0.336 e. The van der Waals surface area contributed by atoms with Gasteiger partial charge in [0, 0.05) is 29.1 Å². The molecule has 7 heteroatoms. The third-order valence-corrected chi connectivity index (χ3v) is 6.73. The normalized spacial score (nSPS) is 20.1. The maximum Gasteiger partial charge on any atom is 0.336 e. The highest BCUT2D eigenvalue weighted by atomic mass is 35.5. The molecule has 3 rings (SSSR count). The van der Waals surface area contributed by atoms with E-state index in [0.29, 0.717) is 23.6 Å². The maximum absolute atomic E-state index is 11.9. The van der Waals surface area contributed by atoms with Gasteiger partial charge < -0.3 is 4.42 Å². The van der Waals surface area contributed by atoms with Crippen molar-refractivity contribution in [2.24, 2.45) is 0 Å². The van der Waals surface area contributed by atoms with E-state index < -0.39 is 15.5 Å². The Bertz CT molecular complexity index is 935. The van der Waals surface area contributed by atoms with Gasteiger partial charge in [-0.3, -0.25) is 4.90 Å². The Morgan fingerprint density at radius 2 is 2.04 bits per heavy atom. The number of benzene rings is 1. The van der Waals surface area contributed by atoms with E-state index in [0.717, 1.165) is 22.9 Å². The van der Waals surface area contributed by atoms with Gasteiger partial charge in [0.15, 0.2) is 9.84 Å². The van der Waals surface area contributed by atoms with E-state index in [1.807, 2.05) is 31.0 Å². The standard InChI is InChI=1S/C17H20ClNO4S/c1-3-11-6-16-14(8-15(11)18)12(7-17(20)23-16)9-19(2)13-4-5-24(21,22)10-13/h6-8,13H,3-5,9-10H2,1-2H3/t13-/m0/s1. The minimum atomic E-state index is -2.94. The van der Waals surface area contributed by atoms with Gasteiger partial charge in [-0.05, 0) is 43.1 Å². The molecular formula is C17H20ClNO4S. The average molecular weight is 370 g/mol. The number of sulfone groups is 1. The van der Waals surface area contributed by atoms with Crippen LogP contribution in [0.25, 0.3) is 11.0 Å². The summed E-state index contributed by atoms with van der Waals surface area (Å²) in [5.41, 5.74) is 1.85. The topological polar surface area (TPSA) is 67.6 Å². The summed E-state index contributed by atoms with van der Waals surface area (Å²) in [4.78, 5) is 13.9. The van der Waals surface area contributed by atoms with Crippen LogP contribution in [0.15, 0.2) is 27.4 Å². The van der Waals surface area contributed by atoms with Crippen LogP contribution in [-0.2, 0) is 22.8 Å². The third kappa shape index (κ3) is 3.50. The molecule has 0 bridgehead atoms. The number of halogens is 1. The van der Waals surface area contributed by atoms with Crippen LogP contribution in [0.3, 0.4) is 0 Å². The van der Waals surface area contributed by atoms with Crippen LogP contribution < -0.4 is 5.63 Å². The summed E-state index contributed by atoms with van der Waals surface area (Å²) in [6, 6.07) is 5.07. The molecule has 24 heavy (non-hydrogen) atoms. The Hall–Kier alpha value is -1.37. The molecule has 0 saturated carbocycles. The summed E-state index contributed by atoms with van der Waals surface area (Å²) < 4.78 is 28.7. The average Bonchev–Trinajstić information content (AvgIpc) is 2.87. The molecule has 0 unspecified atom stereocenters. The molecule has 0 radical (unpaired) electrons. The first kappa shape index (κ1) is 17.5. The van der Waals surface area contributed by atoms with Gasteiger partial charge in [0.1, 0.15) is 5.58 Å². The number of fused-ring (bicyclic) bond motifs is 1. The minimum Gasteiger partial charge on any atom is -0.423 e. The second-order valence-corrected chi connectivity index (χ2v) is 8.99. The maximum atomic E-state index is 11.9. The number of rotatable bonds is 4. The fourth-order valence-corrected chi connectivity index (χ4v) is 5.31. The van der Waals surface area contributed by atoms with E-state index in [9.17, 15) is 13.2 Å². The van der Waals surface area contributed by atoms with E-state index in [1.165, 1.54) is 6.07 Å². The van der Waals surface area contributed by atoms with Gasteiger partial charge >= 0.3 is 5.63 Å². The zero-order chi connectivity index (χ0) is 17.5. The lowest BCUT2D eigenvalue weighted by atomic mass is 10.1. The Morgan fingerprint density at radius 1 is 1.29 bits per heavy atom. The van der Waals surface area contributed by atoms with Crippen molar-refractivity contribution >= 4 is 32.4 Å². The molecule has 0 spiro atoms. The predicted molar refractivity (Wildman–Crippen MR) is 95.4 cm³/mol. The van der Waals surface area contributed by atoms with Crippen molar-refractivity contribution < 1.29 is 12.8 Å². The molecule has 1 aliphatic heterocycles. The van der Waals surface area contributed by atoms with Gasteiger partial charge in [-0.25, -0.2) is 13.2 Å². The first-order valence-electron chi connectivity index (χ1n) is 7.95. The molecule has 5 nitrogen and oxygen atoms in total. The van der Waals surface area contributed by atoms with E-state index in [2.05, 4.69) is 0 Å². The lowest BCUT2D eigenvalue weighted by Gasteiger charge is -2.23. The quantitative estimate of drug-likeness (QED) is 0.775. The van der Waals surface area contributed by atoms with E-state index in [4.69, 9.17) is 16.0 Å². The molecule has 2 heterocycles. The summed E-state index contributed by atoms with van der Waals surface area (Å²) in [6.07, 6.45) is 1.38. The Morgan fingerprint density at radius 3 is 2.67 bits per heavy atom. The Kier molecular flexibility index (Phi) is 4.73. The predicted octanol–water partition coefficient (Wildman–Crippen LogP) is 2.63. The van der Waals surface area contributed by atoms with Crippen LogP contribution in [0.2, 0.25) is 5.02 Å².